The standard InChI is InChI=1S/C11H16N2O/c1-2-9-3-4-11(13-7-9)14-10-5-6-12-8-10/h3-4,7,10,12H,2,5-6,8H2,1H3/t10-/m0/s1. The second kappa shape index (κ2) is 4.42. The second-order valence-corrected chi connectivity index (χ2v) is 3.59. The van der Waals surface area contributed by atoms with Gasteiger partial charge in [-0.15, -0.1) is 0 Å². The highest BCUT2D eigenvalue weighted by atomic mass is 16.5. The second-order valence-electron chi connectivity index (χ2n) is 3.59. The van der Waals surface area contributed by atoms with Crippen LogP contribution in [-0.2, 0) is 6.42 Å². The van der Waals surface area contributed by atoms with Crippen molar-refractivity contribution in [3.8, 4) is 5.88 Å². The zero-order chi connectivity index (χ0) is 9.80. The minimum Gasteiger partial charge on any atom is -0.473 e. The molecule has 1 aromatic heterocycles. The Bertz CT molecular complexity index is 278. The summed E-state index contributed by atoms with van der Waals surface area (Å²) in [5.74, 6) is 0.746. The Morgan fingerprint density at radius 3 is 3.07 bits per heavy atom. The fourth-order valence-corrected chi connectivity index (χ4v) is 1.59. The highest BCUT2D eigenvalue weighted by molar-refractivity contribution is 5.17. The summed E-state index contributed by atoms with van der Waals surface area (Å²) in [7, 11) is 0. The van der Waals surface area contributed by atoms with Gasteiger partial charge in [-0.2, -0.15) is 0 Å². The van der Waals surface area contributed by atoms with E-state index in [9.17, 15) is 0 Å². The van der Waals surface area contributed by atoms with Gasteiger partial charge in [-0.1, -0.05) is 13.0 Å². The lowest BCUT2D eigenvalue weighted by Gasteiger charge is -2.11. The average Bonchev–Trinajstić information content (AvgIpc) is 2.72. The van der Waals surface area contributed by atoms with E-state index < -0.39 is 0 Å². The number of ether oxygens (including phenoxy) is 1. The molecule has 0 aliphatic carbocycles. The van der Waals surface area contributed by atoms with Crippen LogP contribution in [0.2, 0.25) is 0 Å². The molecule has 0 amide bonds. The van der Waals surface area contributed by atoms with Gasteiger partial charge in [-0.3, -0.25) is 0 Å². The minimum absolute atomic E-state index is 0.301. The van der Waals surface area contributed by atoms with Crippen molar-refractivity contribution in [3.63, 3.8) is 0 Å². The number of hydrogen-bond acceptors (Lipinski definition) is 3. The molecular weight excluding hydrogens is 176 g/mol. The molecule has 0 bridgehead atoms. The van der Waals surface area contributed by atoms with E-state index in [1.807, 2.05) is 12.3 Å². The monoisotopic (exact) mass is 192 g/mol. The summed E-state index contributed by atoms with van der Waals surface area (Å²) in [4.78, 5) is 4.26. The summed E-state index contributed by atoms with van der Waals surface area (Å²) in [5, 5.41) is 3.26. The normalized spacial score (nSPS) is 21.1. The third-order valence-corrected chi connectivity index (χ3v) is 2.51. The van der Waals surface area contributed by atoms with Crippen molar-refractivity contribution in [2.75, 3.05) is 13.1 Å². The van der Waals surface area contributed by atoms with E-state index >= 15 is 0 Å². The Hall–Kier alpha value is -1.09. The van der Waals surface area contributed by atoms with E-state index in [2.05, 4.69) is 23.3 Å². The van der Waals surface area contributed by atoms with Crippen molar-refractivity contribution in [3.05, 3.63) is 23.9 Å². The fraction of sp³-hybridized carbons (Fsp3) is 0.545. The third kappa shape index (κ3) is 2.23. The molecule has 1 fully saturated rings. The maximum absolute atomic E-state index is 5.70. The molecule has 2 rings (SSSR count). The van der Waals surface area contributed by atoms with Gasteiger partial charge < -0.3 is 10.1 Å². The smallest absolute Gasteiger partial charge is 0.213 e. The lowest BCUT2D eigenvalue weighted by atomic mass is 10.2. The molecule has 1 saturated heterocycles. The molecule has 3 nitrogen and oxygen atoms in total. The summed E-state index contributed by atoms with van der Waals surface area (Å²) < 4.78 is 5.70. The maximum Gasteiger partial charge on any atom is 0.213 e. The average molecular weight is 192 g/mol. The fourth-order valence-electron chi connectivity index (χ4n) is 1.59. The van der Waals surface area contributed by atoms with Crippen LogP contribution in [0.3, 0.4) is 0 Å². The van der Waals surface area contributed by atoms with Crippen molar-refractivity contribution >= 4 is 0 Å². The van der Waals surface area contributed by atoms with Gasteiger partial charge in [0.05, 0.1) is 0 Å². The van der Waals surface area contributed by atoms with Crippen molar-refractivity contribution in [2.45, 2.75) is 25.9 Å². The van der Waals surface area contributed by atoms with Crippen LogP contribution in [-0.4, -0.2) is 24.2 Å². The Kier molecular flexibility index (Phi) is 2.99. The Balaban J connectivity index is 1.95. The van der Waals surface area contributed by atoms with E-state index in [4.69, 9.17) is 4.74 Å². The number of nitrogens with zero attached hydrogens (tertiary/aromatic N) is 1. The van der Waals surface area contributed by atoms with Crippen LogP contribution in [0.15, 0.2) is 18.3 Å². The van der Waals surface area contributed by atoms with Crippen LogP contribution in [0.25, 0.3) is 0 Å². The van der Waals surface area contributed by atoms with Gasteiger partial charge in [0.1, 0.15) is 6.10 Å². The molecular formula is C11H16N2O. The van der Waals surface area contributed by atoms with Gasteiger partial charge >= 0.3 is 0 Å². The topological polar surface area (TPSA) is 34.1 Å². The van der Waals surface area contributed by atoms with Crippen LogP contribution in [0.4, 0.5) is 0 Å². The predicted molar refractivity (Wildman–Crippen MR) is 55.5 cm³/mol. The molecule has 1 aromatic rings. The van der Waals surface area contributed by atoms with E-state index in [1.54, 1.807) is 0 Å². The molecule has 0 radical (unpaired) electrons. The Morgan fingerprint density at radius 1 is 1.57 bits per heavy atom. The number of hydrogen-bond donors (Lipinski definition) is 1. The highest BCUT2D eigenvalue weighted by Crippen LogP contribution is 2.12. The highest BCUT2D eigenvalue weighted by Gasteiger charge is 2.15. The van der Waals surface area contributed by atoms with Gasteiger partial charge in [0.15, 0.2) is 0 Å². The first-order chi connectivity index (χ1) is 6.88. The number of aromatic nitrogens is 1. The van der Waals surface area contributed by atoms with Crippen LogP contribution in [0.5, 0.6) is 5.88 Å². The molecule has 1 N–H and O–H groups in total. The van der Waals surface area contributed by atoms with Gasteiger partial charge in [0, 0.05) is 18.8 Å². The predicted octanol–water partition coefficient (Wildman–Crippen LogP) is 1.38. The summed E-state index contributed by atoms with van der Waals surface area (Å²) >= 11 is 0. The zero-order valence-corrected chi connectivity index (χ0v) is 8.49. The van der Waals surface area contributed by atoms with Crippen molar-refractivity contribution in [1.29, 1.82) is 0 Å². The molecule has 0 spiro atoms. The quantitative estimate of drug-likeness (QED) is 0.785. The summed E-state index contributed by atoms with van der Waals surface area (Å²) in [6.07, 6.45) is 4.29. The van der Waals surface area contributed by atoms with E-state index in [1.165, 1.54) is 5.56 Å². The molecule has 3 heteroatoms. The largest absolute Gasteiger partial charge is 0.473 e. The van der Waals surface area contributed by atoms with Gasteiger partial charge in [0.2, 0.25) is 5.88 Å². The number of pyridine rings is 1. The lowest BCUT2D eigenvalue weighted by molar-refractivity contribution is 0.214. The van der Waals surface area contributed by atoms with E-state index in [0.29, 0.717) is 6.10 Å². The lowest BCUT2D eigenvalue weighted by Crippen LogP contribution is -2.19. The summed E-state index contributed by atoms with van der Waals surface area (Å²) in [5.41, 5.74) is 1.25. The number of nitrogens with one attached hydrogen (secondary N) is 1. The maximum atomic E-state index is 5.70. The summed E-state index contributed by atoms with van der Waals surface area (Å²) in [6, 6.07) is 4.03. The van der Waals surface area contributed by atoms with Crippen LogP contribution < -0.4 is 10.1 Å². The molecule has 1 aliphatic rings. The third-order valence-electron chi connectivity index (χ3n) is 2.51. The minimum atomic E-state index is 0.301. The first kappa shape index (κ1) is 9.46. The van der Waals surface area contributed by atoms with Crippen molar-refractivity contribution in [2.24, 2.45) is 0 Å². The molecule has 1 aliphatic heterocycles. The molecule has 14 heavy (non-hydrogen) atoms. The zero-order valence-electron chi connectivity index (χ0n) is 8.49. The number of rotatable bonds is 3. The summed E-state index contributed by atoms with van der Waals surface area (Å²) in [6.45, 7) is 4.12. The van der Waals surface area contributed by atoms with Crippen molar-refractivity contribution < 1.29 is 4.74 Å². The van der Waals surface area contributed by atoms with E-state index in [0.717, 1.165) is 31.8 Å². The number of aryl methyl sites for hydroxylation is 1. The Labute approximate surface area is 84.5 Å². The SMILES string of the molecule is CCc1ccc(O[C@H]2CCNC2)nc1. The van der Waals surface area contributed by atoms with Gasteiger partial charge in [0.25, 0.3) is 0 Å². The first-order valence-corrected chi connectivity index (χ1v) is 5.21. The van der Waals surface area contributed by atoms with Crippen LogP contribution in [0.1, 0.15) is 18.9 Å². The molecule has 76 valence electrons. The molecule has 0 unspecified atom stereocenters. The molecule has 0 aromatic carbocycles. The van der Waals surface area contributed by atoms with Crippen LogP contribution >= 0.6 is 0 Å². The molecule has 1 atom stereocenters. The van der Waals surface area contributed by atoms with Crippen LogP contribution in [0, 0.1) is 0 Å². The van der Waals surface area contributed by atoms with Crippen molar-refractivity contribution in [1.82, 2.24) is 10.3 Å². The Morgan fingerprint density at radius 2 is 2.50 bits per heavy atom. The first-order valence-electron chi connectivity index (χ1n) is 5.21. The van der Waals surface area contributed by atoms with Gasteiger partial charge in [-0.25, -0.2) is 4.98 Å². The molecule has 2 heterocycles. The molecule has 0 saturated carbocycles. The van der Waals surface area contributed by atoms with Gasteiger partial charge in [-0.05, 0) is 24.9 Å². The van der Waals surface area contributed by atoms with E-state index in [-0.39, 0.29) is 0 Å².